The molecule has 2 aromatic rings. The van der Waals surface area contributed by atoms with Crippen molar-refractivity contribution in [1.82, 2.24) is 5.32 Å². The first-order valence-corrected chi connectivity index (χ1v) is 12.7. The lowest BCUT2D eigenvalue weighted by Crippen LogP contribution is -2.41. The SMILES string of the molecule is Cc1ccc(C)c(N(CC(=O)NC(C)c2ccc(S(C)(=O)=O)cc2)S(C)(=O)=O)c1. The fraction of sp³-hybridized carbons (Fsp3) is 0.350. The lowest BCUT2D eigenvalue weighted by atomic mass is 10.1. The number of carbonyl (C=O) groups excluding carboxylic acids is 1. The first kappa shape index (κ1) is 22.9. The smallest absolute Gasteiger partial charge is 0.241 e. The molecule has 158 valence electrons. The van der Waals surface area contributed by atoms with Crippen LogP contribution in [-0.2, 0) is 24.7 Å². The van der Waals surface area contributed by atoms with Crippen LogP contribution in [0.25, 0.3) is 0 Å². The van der Waals surface area contributed by atoms with Gasteiger partial charge in [-0.05, 0) is 55.7 Å². The third-order valence-electron chi connectivity index (χ3n) is 4.51. The summed E-state index contributed by atoms with van der Waals surface area (Å²) in [5.41, 5.74) is 2.81. The van der Waals surface area contributed by atoms with Gasteiger partial charge >= 0.3 is 0 Å². The number of hydrogen-bond donors (Lipinski definition) is 1. The summed E-state index contributed by atoms with van der Waals surface area (Å²) >= 11 is 0. The fourth-order valence-corrected chi connectivity index (χ4v) is 4.41. The molecule has 2 rings (SSSR count). The van der Waals surface area contributed by atoms with Crippen LogP contribution in [0.15, 0.2) is 47.4 Å². The molecule has 9 heteroatoms. The van der Waals surface area contributed by atoms with Gasteiger partial charge in [-0.1, -0.05) is 24.3 Å². The molecule has 0 saturated carbocycles. The molecule has 0 aliphatic heterocycles. The third kappa shape index (κ3) is 6.04. The zero-order valence-electron chi connectivity index (χ0n) is 17.1. The fourth-order valence-electron chi connectivity index (χ4n) is 2.87. The van der Waals surface area contributed by atoms with Gasteiger partial charge in [-0.3, -0.25) is 9.10 Å². The third-order valence-corrected chi connectivity index (χ3v) is 6.76. The van der Waals surface area contributed by atoms with Crippen molar-refractivity contribution in [3.63, 3.8) is 0 Å². The minimum absolute atomic E-state index is 0.193. The van der Waals surface area contributed by atoms with Crippen LogP contribution in [0.2, 0.25) is 0 Å². The highest BCUT2D eigenvalue weighted by Crippen LogP contribution is 2.24. The van der Waals surface area contributed by atoms with Crippen molar-refractivity contribution in [2.75, 3.05) is 23.4 Å². The molecule has 0 fully saturated rings. The van der Waals surface area contributed by atoms with E-state index in [0.29, 0.717) is 11.3 Å². The molecule has 29 heavy (non-hydrogen) atoms. The Kier molecular flexibility index (Phi) is 6.74. The number of hydrogen-bond acceptors (Lipinski definition) is 5. The largest absolute Gasteiger partial charge is 0.348 e. The Morgan fingerprint density at radius 1 is 1.00 bits per heavy atom. The second-order valence-electron chi connectivity index (χ2n) is 7.19. The van der Waals surface area contributed by atoms with Crippen LogP contribution in [0, 0.1) is 13.8 Å². The Balaban J connectivity index is 2.19. The molecule has 2 aromatic carbocycles. The number of rotatable bonds is 7. The van der Waals surface area contributed by atoms with Gasteiger partial charge in [-0.2, -0.15) is 0 Å². The van der Waals surface area contributed by atoms with E-state index in [0.717, 1.165) is 27.9 Å². The number of anilines is 1. The number of benzene rings is 2. The van der Waals surface area contributed by atoms with E-state index in [2.05, 4.69) is 5.32 Å². The zero-order chi connectivity index (χ0) is 22.0. The topological polar surface area (TPSA) is 101 Å². The highest BCUT2D eigenvalue weighted by molar-refractivity contribution is 7.92. The summed E-state index contributed by atoms with van der Waals surface area (Å²) in [5.74, 6) is -0.462. The molecule has 0 spiro atoms. The number of amides is 1. The minimum Gasteiger partial charge on any atom is -0.348 e. The number of carbonyl (C=O) groups is 1. The van der Waals surface area contributed by atoms with E-state index in [9.17, 15) is 21.6 Å². The zero-order valence-corrected chi connectivity index (χ0v) is 18.8. The van der Waals surface area contributed by atoms with Gasteiger partial charge in [-0.25, -0.2) is 16.8 Å². The van der Waals surface area contributed by atoms with Gasteiger partial charge in [0.2, 0.25) is 15.9 Å². The van der Waals surface area contributed by atoms with E-state index < -0.39 is 31.8 Å². The van der Waals surface area contributed by atoms with Crippen LogP contribution < -0.4 is 9.62 Å². The highest BCUT2D eigenvalue weighted by atomic mass is 32.2. The monoisotopic (exact) mass is 438 g/mol. The number of nitrogens with one attached hydrogen (secondary N) is 1. The molecule has 1 unspecified atom stereocenters. The predicted molar refractivity (Wildman–Crippen MR) is 114 cm³/mol. The van der Waals surface area contributed by atoms with Crippen LogP contribution in [0.1, 0.15) is 29.7 Å². The molecule has 7 nitrogen and oxygen atoms in total. The molecular weight excluding hydrogens is 412 g/mol. The van der Waals surface area contributed by atoms with Crippen molar-refractivity contribution in [2.24, 2.45) is 0 Å². The normalized spacial score (nSPS) is 13.0. The van der Waals surface area contributed by atoms with Crippen molar-refractivity contribution >= 4 is 31.5 Å². The standard InChI is InChI=1S/C20H26N2O5S2/c1-14-6-7-15(2)19(12-14)22(29(5,26)27)13-20(23)21-16(3)17-8-10-18(11-9-17)28(4,24)25/h6-12,16H,13H2,1-5H3,(H,21,23). The Morgan fingerprint density at radius 3 is 2.10 bits per heavy atom. The molecule has 1 atom stereocenters. The highest BCUT2D eigenvalue weighted by Gasteiger charge is 2.23. The van der Waals surface area contributed by atoms with Gasteiger partial charge < -0.3 is 5.32 Å². The summed E-state index contributed by atoms with van der Waals surface area (Å²) in [6.45, 7) is 5.04. The molecule has 0 aromatic heterocycles. The van der Waals surface area contributed by atoms with Crippen LogP contribution in [-0.4, -0.2) is 41.8 Å². The molecule has 0 heterocycles. The maximum absolute atomic E-state index is 12.6. The number of sulfonamides is 1. The Labute approximate surface area is 172 Å². The average Bonchev–Trinajstić information content (AvgIpc) is 2.60. The molecular formula is C20H26N2O5S2. The summed E-state index contributed by atoms with van der Waals surface area (Å²) in [7, 11) is -6.97. The molecule has 0 saturated heterocycles. The second-order valence-corrected chi connectivity index (χ2v) is 11.1. The Morgan fingerprint density at radius 2 is 1.59 bits per heavy atom. The first-order valence-electron chi connectivity index (χ1n) is 8.93. The quantitative estimate of drug-likeness (QED) is 0.715. The van der Waals surface area contributed by atoms with Crippen LogP contribution >= 0.6 is 0 Å². The van der Waals surface area contributed by atoms with Crippen LogP contribution in [0.5, 0.6) is 0 Å². The van der Waals surface area contributed by atoms with Crippen molar-refractivity contribution < 1.29 is 21.6 Å². The van der Waals surface area contributed by atoms with Crippen molar-refractivity contribution in [1.29, 1.82) is 0 Å². The van der Waals surface area contributed by atoms with E-state index in [1.54, 1.807) is 32.0 Å². The predicted octanol–water partition coefficient (Wildman–Crippen LogP) is 2.35. The maximum atomic E-state index is 12.6. The van der Waals surface area contributed by atoms with E-state index in [4.69, 9.17) is 0 Å². The lowest BCUT2D eigenvalue weighted by Gasteiger charge is -2.25. The molecule has 0 radical (unpaired) electrons. The first-order chi connectivity index (χ1) is 13.3. The van der Waals surface area contributed by atoms with E-state index >= 15 is 0 Å². The maximum Gasteiger partial charge on any atom is 0.241 e. The second kappa shape index (κ2) is 8.54. The van der Waals surface area contributed by atoms with Crippen molar-refractivity contribution in [3.05, 3.63) is 59.2 Å². The lowest BCUT2D eigenvalue weighted by molar-refractivity contribution is -0.120. The van der Waals surface area contributed by atoms with Gasteiger partial charge in [0.15, 0.2) is 9.84 Å². The molecule has 0 aliphatic rings. The van der Waals surface area contributed by atoms with Crippen LogP contribution in [0.3, 0.4) is 0 Å². The van der Waals surface area contributed by atoms with Gasteiger partial charge in [0.1, 0.15) is 6.54 Å². The molecule has 1 N–H and O–H groups in total. The van der Waals surface area contributed by atoms with Crippen molar-refractivity contribution in [2.45, 2.75) is 31.7 Å². The summed E-state index contributed by atoms with van der Waals surface area (Å²) in [5, 5.41) is 2.77. The number of sulfone groups is 1. The molecule has 0 aliphatic carbocycles. The van der Waals surface area contributed by atoms with E-state index in [1.165, 1.54) is 12.1 Å². The van der Waals surface area contributed by atoms with Gasteiger partial charge in [0.25, 0.3) is 0 Å². The summed E-state index contributed by atoms with van der Waals surface area (Å²) in [4.78, 5) is 12.8. The van der Waals surface area contributed by atoms with Gasteiger partial charge in [0, 0.05) is 6.26 Å². The summed E-state index contributed by atoms with van der Waals surface area (Å²) in [6, 6.07) is 11.2. The molecule has 1 amide bonds. The van der Waals surface area contributed by atoms with Gasteiger partial charge in [-0.15, -0.1) is 0 Å². The van der Waals surface area contributed by atoms with E-state index in [-0.39, 0.29) is 11.4 Å². The minimum atomic E-state index is -3.67. The Bertz CT molecular complexity index is 1110. The van der Waals surface area contributed by atoms with E-state index in [1.807, 2.05) is 19.1 Å². The average molecular weight is 439 g/mol. The van der Waals surface area contributed by atoms with Gasteiger partial charge in [0.05, 0.1) is 22.9 Å². The van der Waals surface area contributed by atoms with Crippen molar-refractivity contribution in [3.8, 4) is 0 Å². The summed E-state index contributed by atoms with van der Waals surface area (Å²) < 4.78 is 48.8. The number of aryl methyl sites for hydroxylation is 2. The Hall–Kier alpha value is -2.39. The van der Waals surface area contributed by atoms with Crippen LogP contribution in [0.4, 0.5) is 5.69 Å². The summed E-state index contributed by atoms with van der Waals surface area (Å²) in [6.07, 6.45) is 2.19. The number of nitrogens with zero attached hydrogens (tertiary/aromatic N) is 1. The molecule has 0 bridgehead atoms.